The number of hydrogen-bond donors (Lipinski definition) is 4. The van der Waals surface area contributed by atoms with E-state index in [0.717, 1.165) is 0 Å². The molecule has 9 heteroatoms. The molecule has 170 valence electrons. The number of Topliss-reactive ketones (excluding diaryl/α,β-unsaturated/α-hetero) is 1. The summed E-state index contributed by atoms with van der Waals surface area (Å²) in [4.78, 5) is 35.0. The maximum Gasteiger partial charge on any atom is 0.412 e. The lowest BCUT2D eigenvalue weighted by Crippen LogP contribution is -2.28. The van der Waals surface area contributed by atoms with Crippen LogP contribution in [-0.4, -0.2) is 41.3 Å². The van der Waals surface area contributed by atoms with Crippen molar-refractivity contribution in [2.75, 3.05) is 12.4 Å². The van der Waals surface area contributed by atoms with E-state index in [1.807, 2.05) is 0 Å². The number of nitrogens with one attached hydrogen (secondary N) is 2. The maximum atomic E-state index is 12.6. The van der Waals surface area contributed by atoms with Crippen LogP contribution >= 0.6 is 0 Å². The molecule has 4 N–H and O–H groups in total. The predicted molar refractivity (Wildman–Crippen MR) is 116 cm³/mol. The van der Waals surface area contributed by atoms with Gasteiger partial charge in [-0.3, -0.25) is 20.1 Å². The number of carbonyl (C=O) groups excluding carboxylic acids is 3. The second kappa shape index (κ2) is 12.2. The number of methoxy groups -OCH3 is 1. The minimum atomic E-state index is -0.808. The molecule has 0 saturated carbocycles. The van der Waals surface area contributed by atoms with E-state index in [0.29, 0.717) is 29.7 Å². The van der Waals surface area contributed by atoms with Crippen molar-refractivity contribution in [2.45, 2.75) is 32.0 Å². The monoisotopic (exact) mass is 442 g/mol. The zero-order chi connectivity index (χ0) is 23.5. The average Bonchev–Trinajstić information content (AvgIpc) is 2.78. The summed E-state index contributed by atoms with van der Waals surface area (Å²) in [6.07, 6.45) is 1.46. The molecule has 2 aromatic carbocycles. The summed E-state index contributed by atoms with van der Waals surface area (Å²) in [6, 6.07) is 12.6. The number of hydroxylamine groups is 1. The van der Waals surface area contributed by atoms with Gasteiger partial charge < -0.3 is 14.6 Å². The van der Waals surface area contributed by atoms with E-state index >= 15 is 0 Å². The van der Waals surface area contributed by atoms with Crippen molar-refractivity contribution in [3.63, 3.8) is 0 Å². The molecule has 0 radical (unpaired) electrons. The van der Waals surface area contributed by atoms with Gasteiger partial charge in [0.25, 0.3) is 5.91 Å². The smallest absolute Gasteiger partial charge is 0.412 e. The Kier molecular flexibility index (Phi) is 9.40. The second-order valence-corrected chi connectivity index (χ2v) is 6.91. The fourth-order valence-corrected chi connectivity index (χ4v) is 2.95. The highest BCUT2D eigenvalue weighted by Gasteiger charge is 2.27. The summed E-state index contributed by atoms with van der Waals surface area (Å²) < 4.78 is 11.2. The molecule has 0 fully saturated rings. The van der Waals surface area contributed by atoms with E-state index in [1.165, 1.54) is 37.7 Å². The molecule has 0 spiro atoms. The van der Waals surface area contributed by atoms with E-state index in [2.05, 4.69) is 5.32 Å². The van der Waals surface area contributed by atoms with Crippen LogP contribution in [0.4, 0.5) is 10.5 Å². The Bertz CT molecular complexity index is 940. The summed E-state index contributed by atoms with van der Waals surface area (Å²) in [5.41, 5.74) is 3.08. The van der Waals surface area contributed by atoms with Gasteiger partial charge in [0.05, 0.1) is 6.10 Å². The molecule has 0 aliphatic carbocycles. The highest BCUT2D eigenvalue weighted by Crippen LogP contribution is 2.28. The number of rotatable bonds is 10. The van der Waals surface area contributed by atoms with Crippen LogP contribution in [0.25, 0.3) is 0 Å². The molecule has 2 aromatic rings. The average molecular weight is 442 g/mol. The van der Waals surface area contributed by atoms with Gasteiger partial charge in [0.15, 0.2) is 11.9 Å². The first kappa shape index (κ1) is 24.6. The molecule has 9 nitrogen and oxygen atoms in total. The van der Waals surface area contributed by atoms with Gasteiger partial charge in [-0.25, -0.2) is 10.3 Å². The van der Waals surface area contributed by atoms with Gasteiger partial charge in [-0.2, -0.15) is 0 Å². The molecular weight excluding hydrogens is 416 g/mol. The number of phenolic OH excluding ortho intramolecular Hbond substituents is 1. The largest absolute Gasteiger partial charge is 0.508 e. The van der Waals surface area contributed by atoms with Crippen LogP contribution < -0.4 is 10.8 Å². The minimum Gasteiger partial charge on any atom is -0.508 e. The number of phenols is 1. The Morgan fingerprint density at radius 1 is 1.06 bits per heavy atom. The first-order chi connectivity index (χ1) is 15.3. The molecule has 32 heavy (non-hydrogen) atoms. The Hall–Kier alpha value is -3.69. The lowest BCUT2D eigenvalue weighted by Gasteiger charge is -2.26. The Morgan fingerprint density at radius 3 is 2.28 bits per heavy atom. The van der Waals surface area contributed by atoms with E-state index in [-0.39, 0.29) is 11.5 Å². The van der Waals surface area contributed by atoms with Gasteiger partial charge in [0.2, 0.25) is 0 Å². The van der Waals surface area contributed by atoms with Gasteiger partial charge >= 0.3 is 6.09 Å². The molecule has 2 amide bonds. The van der Waals surface area contributed by atoms with Crippen molar-refractivity contribution in [2.24, 2.45) is 0 Å². The Labute approximate surface area is 185 Å². The van der Waals surface area contributed by atoms with Crippen molar-refractivity contribution >= 4 is 23.5 Å². The number of allylic oxidation sites excluding steroid dienone is 1. The van der Waals surface area contributed by atoms with E-state index in [9.17, 15) is 19.5 Å². The first-order valence-corrected chi connectivity index (χ1v) is 9.85. The molecule has 0 aromatic heterocycles. The van der Waals surface area contributed by atoms with Crippen molar-refractivity contribution < 1.29 is 34.2 Å². The standard InChI is InChI=1S/C23H26N2O7/c1-15(26)16-7-11-18(12-8-16)24-23(29)32-22(17-9-13-19(27)14-10-17)20(31-2)5-3-4-6-21(28)25-30/h4,6-14,20,22,27,30H,3,5H2,1-2H3,(H,24,29)(H,25,28)/b6-4+/t20-,22-/m1/s1. The second-order valence-electron chi connectivity index (χ2n) is 6.91. The number of anilines is 1. The Morgan fingerprint density at radius 2 is 1.72 bits per heavy atom. The lowest BCUT2D eigenvalue weighted by atomic mass is 10.00. The summed E-state index contributed by atoms with van der Waals surface area (Å²) >= 11 is 0. The van der Waals surface area contributed by atoms with Gasteiger partial charge in [-0.1, -0.05) is 18.2 Å². The van der Waals surface area contributed by atoms with Crippen molar-refractivity contribution in [1.29, 1.82) is 0 Å². The number of hydrogen-bond acceptors (Lipinski definition) is 7. The third-order valence-electron chi connectivity index (χ3n) is 4.63. The highest BCUT2D eigenvalue weighted by molar-refractivity contribution is 5.95. The van der Waals surface area contributed by atoms with Gasteiger partial charge in [-0.05, 0) is 61.7 Å². The summed E-state index contributed by atoms with van der Waals surface area (Å²) in [5, 5.41) is 20.7. The van der Waals surface area contributed by atoms with Gasteiger partial charge in [0, 0.05) is 24.4 Å². The fraction of sp³-hybridized carbons (Fsp3) is 0.261. The quantitative estimate of drug-likeness (QED) is 0.191. The normalized spacial score (nSPS) is 12.7. The number of benzene rings is 2. The number of ether oxygens (including phenoxy) is 2. The summed E-state index contributed by atoms with van der Waals surface area (Å²) in [5.74, 6) is -0.671. The van der Waals surface area contributed by atoms with Crippen LogP contribution in [0, 0.1) is 0 Å². The van der Waals surface area contributed by atoms with Crippen LogP contribution in [0.2, 0.25) is 0 Å². The summed E-state index contributed by atoms with van der Waals surface area (Å²) in [6.45, 7) is 1.45. The van der Waals surface area contributed by atoms with Crippen LogP contribution in [0.15, 0.2) is 60.7 Å². The molecule has 2 atom stereocenters. The first-order valence-electron chi connectivity index (χ1n) is 9.85. The fourth-order valence-electron chi connectivity index (χ4n) is 2.95. The number of amides is 2. The van der Waals surface area contributed by atoms with Crippen molar-refractivity contribution in [3.05, 3.63) is 71.8 Å². The van der Waals surface area contributed by atoms with Crippen LogP contribution in [0.3, 0.4) is 0 Å². The highest BCUT2D eigenvalue weighted by atomic mass is 16.6. The lowest BCUT2D eigenvalue weighted by molar-refractivity contribution is -0.124. The van der Waals surface area contributed by atoms with E-state index in [1.54, 1.807) is 42.5 Å². The molecule has 0 unspecified atom stereocenters. The molecular formula is C23H26N2O7. The molecule has 0 aliphatic heterocycles. The number of aromatic hydroxyl groups is 1. The molecule has 0 aliphatic rings. The molecule has 2 rings (SSSR count). The third-order valence-corrected chi connectivity index (χ3v) is 4.63. The summed E-state index contributed by atoms with van der Waals surface area (Å²) in [7, 11) is 1.48. The topological polar surface area (TPSA) is 134 Å². The SMILES string of the molecule is CO[C@H](CC/C=C/C(=O)NO)[C@H](OC(=O)Nc1ccc(C(C)=O)cc1)c1ccc(O)cc1. The molecule has 0 heterocycles. The third kappa shape index (κ3) is 7.53. The maximum absolute atomic E-state index is 12.6. The minimum absolute atomic E-state index is 0.0643. The number of carbonyl (C=O) groups is 3. The van der Waals surface area contributed by atoms with Crippen LogP contribution in [0.1, 0.15) is 41.8 Å². The van der Waals surface area contributed by atoms with E-state index in [4.69, 9.17) is 14.7 Å². The van der Waals surface area contributed by atoms with Crippen LogP contribution in [-0.2, 0) is 14.3 Å². The zero-order valence-corrected chi connectivity index (χ0v) is 17.8. The van der Waals surface area contributed by atoms with Gasteiger partial charge in [0.1, 0.15) is 5.75 Å². The van der Waals surface area contributed by atoms with Crippen molar-refractivity contribution in [1.82, 2.24) is 5.48 Å². The molecule has 0 saturated heterocycles. The predicted octanol–water partition coefficient (Wildman–Crippen LogP) is 3.74. The van der Waals surface area contributed by atoms with Crippen LogP contribution in [0.5, 0.6) is 5.75 Å². The van der Waals surface area contributed by atoms with Crippen molar-refractivity contribution in [3.8, 4) is 5.75 Å². The van der Waals surface area contributed by atoms with Gasteiger partial charge in [-0.15, -0.1) is 0 Å². The Balaban J connectivity index is 2.13. The zero-order valence-electron chi connectivity index (χ0n) is 17.8. The molecule has 0 bridgehead atoms. The van der Waals surface area contributed by atoms with E-state index < -0.39 is 24.2 Å². The number of ketones is 1.